The van der Waals surface area contributed by atoms with Crippen LogP contribution in [0.3, 0.4) is 0 Å². The summed E-state index contributed by atoms with van der Waals surface area (Å²) in [6.07, 6.45) is -0.231. The molecule has 172 valence electrons. The molecule has 0 bridgehead atoms. The van der Waals surface area contributed by atoms with Gasteiger partial charge in [-0.3, -0.25) is 15.0 Å². The number of carbonyl (C=O) groups is 1. The predicted molar refractivity (Wildman–Crippen MR) is 114 cm³/mol. The lowest BCUT2D eigenvalue weighted by atomic mass is 10.0. The molecule has 3 aromatic heterocycles. The van der Waals surface area contributed by atoms with Crippen molar-refractivity contribution in [3.05, 3.63) is 76.9 Å². The summed E-state index contributed by atoms with van der Waals surface area (Å²) in [5.41, 5.74) is 8.70. The van der Waals surface area contributed by atoms with E-state index in [-0.39, 0.29) is 18.0 Å². The number of carbonyl (C=O) groups excluding carboxylic acids is 1. The third kappa shape index (κ3) is 5.76. The second-order valence-corrected chi connectivity index (χ2v) is 7.02. The molecule has 4 aromatic rings. The van der Waals surface area contributed by atoms with Crippen molar-refractivity contribution in [2.45, 2.75) is 26.4 Å². The Balaban J connectivity index is 0.000000968. The van der Waals surface area contributed by atoms with Crippen LogP contribution in [0.2, 0.25) is 0 Å². The van der Waals surface area contributed by atoms with Gasteiger partial charge in [0, 0.05) is 30.1 Å². The summed E-state index contributed by atoms with van der Waals surface area (Å²) >= 11 is 0. The molecule has 4 rings (SSSR count). The van der Waals surface area contributed by atoms with Crippen LogP contribution < -0.4 is 10.5 Å². The molecule has 0 spiro atoms. The number of primary amides is 1. The highest BCUT2D eigenvalue weighted by molar-refractivity contribution is 5.66. The number of pyridine rings is 1. The van der Waals surface area contributed by atoms with Crippen LogP contribution in [0, 0.1) is 13.8 Å². The molecule has 0 aliphatic carbocycles. The first-order valence-electron chi connectivity index (χ1n) is 9.72. The molecule has 3 heterocycles. The van der Waals surface area contributed by atoms with Crippen LogP contribution in [-0.4, -0.2) is 31.8 Å². The molecule has 0 radical (unpaired) electrons. The van der Waals surface area contributed by atoms with Crippen molar-refractivity contribution in [2.24, 2.45) is 5.73 Å². The Kier molecular flexibility index (Phi) is 7.11. The number of nitrogens with zero attached hydrogens (tertiary/aromatic N) is 3. The van der Waals surface area contributed by atoms with E-state index in [1.54, 1.807) is 18.5 Å². The largest absolute Gasteiger partial charge is 0.438 e. The van der Waals surface area contributed by atoms with Gasteiger partial charge >= 0.3 is 6.18 Å². The lowest BCUT2D eigenvalue weighted by molar-refractivity contribution is -0.137. The van der Waals surface area contributed by atoms with Crippen molar-refractivity contribution in [1.82, 2.24) is 25.4 Å². The quantitative estimate of drug-likeness (QED) is 0.385. The van der Waals surface area contributed by atoms with Crippen molar-refractivity contribution in [3.8, 4) is 22.9 Å². The monoisotopic (exact) mass is 458 g/mol. The fourth-order valence-electron chi connectivity index (χ4n) is 3.13. The number of amides is 1. The first kappa shape index (κ1) is 23.5. The zero-order chi connectivity index (χ0) is 24.0. The zero-order valence-electron chi connectivity index (χ0n) is 17.8. The fraction of sp³-hybridized carbons (Fsp3) is 0.182. The SMILES string of the molecule is Cc1n[nH]c(C)c1Cc1cnc(Oc2ccc(C(F)(F)F)cc2)c(-c2ccn[nH]2)c1.NC=O. The van der Waals surface area contributed by atoms with Crippen molar-refractivity contribution in [1.29, 1.82) is 0 Å². The van der Waals surface area contributed by atoms with E-state index < -0.39 is 11.7 Å². The molecule has 0 atom stereocenters. The van der Waals surface area contributed by atoms with Gasteiger partial charge < -0.3 is 10.5 Å². The summed E-state index contributed by atoms with van der Waals surface area (Å²) in [4.78, 5) is 13.0. The Labute approximate surface area is 187 Å². The smallest absolute Gasteiger partial charge is 0.416 e. The van der Waals surface area contributed by atoms with Crippen molar-refractivity contribution >= 4 is 6.41 Å². The van der Waals surface area contributed by atoms with E-state index in [0.29, 0.717) is 17.7 Å². The van der Waals surface area contributed by atoms with E-state index in [0.717, 1.165) is 34.6 Å². The van der Waals surface area contributed by atoms with Gasteiger partial charge in [-0.2, -0.15) is 23.4 Å². The number of aromatic amines is 2. The molecular weight excluding hydrogens is 437 g/mol. The lowest BCUT2D eigenvalue weighted by Gasteiger charge is -2.12. The van der Waals surface area contributed by atoms with Crippen molar-refractivity contribution < 1.29 is 22.7 Å². The second-order valence-electron chi connectivity index (χ2n) is 7.02. The molecule has 0 fully saturated rings. The van der Waals surface area contributed by atoms with Crippen LogP contribution in [0.15, 0.2) is 48.8 Å². The van der Waals surface area contributed by atoms with Crippen LogP contribution in [0.5, 0.6) is 11.6 Å². The third-order valence-electron chi connectivity index (χ3n) is 4.76. The Morgan fingerprint density at radius 1 is 1.12 bits per heavy atom. The van der Waals surface area contributed by atoms with Gasteiger partial charge in [0.1, 0.15) is 5.75 Å². The van der Waals surface area contributed by atoms with Gasteiger partial charge in [0.05, 0.1) is 22.5 Å². The number of hydrogen-bond acceptors (Lipinski definition) is 5. The van der Waals surface area contributed by atoms with Crippen LogP contribution in [0.25, 0.3) is 11.3 Å². The fourth-order valence-corrected chi connectivity index (χ4v) is 3.13. The summed E-state index contributed by atoms with van der Waals surface area (Å²) in [7, 11) is 0. The Morgan fingerprint density at radius 2 is 1.82 bits per heavy atom. The molecule has 0 saturated carbocycles. The highest BCUT2D eigenvalue weighted by Crippen LogP contribution is 2.34. The van der Waals surface area contributed by atoms with Crippen LogP contribution in [-0.2, 0) is 17.4 Å². The number of ether oxygens (including phenoxy) is 1. The van der Waals surface area contributed by atoms with Gasteiger partial charge in [-0.15, -0.1) is 0 Å². The van der Waals surface area contributed by atoms with Gasteiger partial charge in [-0.25, -0.2) is 4.98 Å². The number of aromatic nitrogens is 5. The summed E-state index contributed by atoms with van der Waals surface area (Å²) < 4.78 is 44.1. The molecule has 0 unspecified atom stereocenters. The topological polar surface area (TPSA) is 123 Å². The standard InChI is InChI=1S/C21H18F3N5O.CH3NO/c1-12-17(13(2)28-27-12)9-14-10-18(19-7-8-26-29-19)20(25-11-14)30-16-5-3-15(4-6-16)21(22,23)24;2-1-3/h3-8,10-11H,9H2,1-2H3,(H,26,29)(H,27,28);1H,(H2,2,3). The molecule has 11 heteroatoms. The summed E-state index contributed by atoms with van der Waals surface area (Å²) in [5.74, 6) is 0.522. The van der Waals surface area contributed by atoms with Gasteiger partial charge in [-0.1, -0.05) is 0 Å². The molecule has 33 heavy (non-hydrogen) atoms. The van der Waals surface area contributed by atoms with Gasteiger partial charge in [0.2, 0.25) is 12.3 Å². The summed E-state index contributed by atoms with van der Waals surface area (Å²) in [6, 6.07) is 8.19. The maximum atomic E-state index is 12.8. The zero-order valence-corrected chi connectivity index (χ0v) is 17.8. The number of benzene rings is 1. The first-order chi connectivity index (χ1) is 15.7. The minimum atomic E-state index is -4.40. The molecule has 0 saturated heterocycles. The number of nitrogens with one attached hydrogen (secondary N) is 2. The van der Waals surface area contributed by atoms with Crippen molar-refractivity contribution in [2.75, 3.05) is 0 Å². The average molecular weight is 458 g/mol. The normalized spacial score (nSPS) is 10.9. The van der Waals surface area contributed by atoms with Gasteiger partial charge in [-0.05, 0) is 55.8 Å². The molecule has 0 aliphatic rings. The molecular formula is C22H21F3N6O2. The Hall–Kier alpha value is -4.15. The minimum absolute atomic E-state index is 0.250. The van der Waals surface area contributed by atoms with E-state index >= 15 is 0 Å². The van der Waals surface area contributed by atoms with Gasteiger partial charge in [0.25, 0.3) is 0 Å². The van der Waals surface area contributed by atoms with E-state index in [2.05, 4.69) is 31.1 Å². The lowest BCUT2D eigenvalue weighted by Crippen LogP contribution is -2.04. The average Bonchev–Trinajstić information content (AvgIpc) is 3.41. The number of nitrogens with two attached hydrogens (primary N) is 1. The van der Waals surface area contributed by atoms with E-state index in [1.807, 2.05) is 19.9 Å². The first-order valence-corrected chi connectivity index (χ1v) is 9.72. The molecule has 1 amide bonds. The summed E-state index contributed by atoms with van der Waals surface area (Å²) in [5, 5.41) is 14.0. The van der Waals surface area contributed by atoms with Crippen LogP contribution >= 0.6 is 0 Å². The Bertz CT molecular complexity index is 1180. The molecule has 0 aliphatic heterocycles. The maximum absolute atomic E-state index is 12.8. The third-order valence-corrected chi connectivity index (χ3v) is 4.76. The number of rotatable bonds is 5. The summed E-state index contributed by atoms with van der Waals surface area (Å²) in [6.45, 7) is 3.89. The van der Waals surface area contributed by atoms with Crippen molar-refractivity contribution in [3.63, 3.8) is 0 Å². The van der Waals surface area contributed by atoms with Crippen LogP contribution in [0.1, 0.15) is 28.1 Å². The van der Waals surface area contributed by atoms with E-state index in [1.165, 1.54) is 12.1 Å². The Morgan fingerprint density at radius 3 is 2.36 bits per heavy atom. The van der Waals surface area contributed by atoms with Gasteiger partial charge in [0.15, 0.2) is 0 Å². The number of aryl methyl sites for hydroxylation is 2. The number of halogens is 3. The molecule has 1 aromatic carbocycles. The van der Waals surface area contributed by atoms with Crippen LogP contribution in [0.4, 0.5) is 13.2 Å². The molecule has 4 N–H and O–H groups in total. The number of alkyl halides is 3. The van der Waals surface area contributed by atoms with E-state index in [9.17, 15) is 13.2 Å². The highest BCUT2D eigenvalue weighted by atomic mass is 19.4. The number of hydrogen-bond donors (Lipinski definition) is 3. The minimum Gasteiger partial charge on any atom is -0.438 e. The second kappa shape index (κ2) is 9.98. The number of H-pyrrole nitrogens is 2. The predicted octanol–water partition coefficient (Wildman–Crippen LogP) is 4.32. The van der Waals surface area contributed by atoms with E-state index in [4.69, 9.17) is 9.53 Å². The maximum Gasteiger partial charge on any atom is 0.416 e. The highest BCUT2D eigenvalue weighted by Gasteiger charge is 2.30. The molecule has 8 nitrogen and oxygen atoms in total.